The third kappa shape index (κ3) is 1.13. The Labute approximate surface area is 83.5 Å². The Kier molecular flexibility index (Phi) is 1.87. The fraction of sp³-hybridized carbons (Fsp3) is 0.143. The minimum absolute atomic E-state index is 0.643. The van der Waals surface area contributed by atoms with Gasteiger partial charge in [0.25, 0.3) is 5.95 Å². The van der Waals surface area contributed by atoms with Gasteiger partial charge in [-0.05, 0) is 19.1 Å². The van der Waals surface area contributed by atoms with E-state index < -0.39 is 0 Å². The summed E-state index contributed by atoms with van der Waals surface area (Å²) in [5.74, 6) is 0.643. The molecule has 4 nitrogen and oxygen atoms in total. The van der Waals surface area contributed by atoms with Crippen LogP contribution in [0, 0.1) is 6.92 Å². The normalized spacial score (nSPS) is 10.5. The van der Waals surface area contributed by atoms with Gasteiger partial charge >= 0.3 is 0 Å². The maximum absolute atomic E-state index is 4.23. The molecule has 0 atom stereocenters. The van der Waals surface area contributed by atoms with Crippen LogP contribution >= 0.6 is 22.9 Å². The molecule has 0 aliphatic heterocycles. The van der Waals surface area contributed by atoms with Crippen molar-refractivity contribution in [3.05, 3.63) is 23.9 Å². The molecule has 0 spiro atoms. The third-order valence-electron chi connectivity index (χ3n) is 1.63. The summed E-state index contributed by atoms with van der Waals surface area (Å²) in [5.41, 5.74) is 1.95. The molecular formula is C7H7IN4. The molecule has 0 amide bonds. The number of nitrogens with one attached hydrogen (secondary N) is 1. The van der Waals surface area contributed by atoms with Gasteiger partial charge in [0, 0.05) is 5.69 Å². The lowest BCUT2D eigenvalue weighted by Gasteiger charge is -1.93. The lowest BCUT2D eigenvalue weighted by molar-refractivity contribution is 0.921. The number of hydrogen-bond donors (Lipinski definition) is 1. The van der Waals surface area contributed by atoms with Gasteiger partial charge in [0.1, 0.15) is 0 Å². The first-order valence-electron chi connectivity index (χ1n) is 3.50. The number of anilines is 1. The number of fused-ring (bicyclic) bond motifs is 1. The molecule has 62 valence electrons. The van der Waals surface area contributed by atoms with E-state index in [1.165, 1.54) is 0 Å². The molecule has 0 unspecified atom stereocenters. The topological polar surface area (TPSA) is 42.2 Å². The summed E-state index contributed by atoms with van der Waals surface area (Å²) in [6.07, 6.45) is 0. The van der Waals surface area contributed by atoms with E-state index in [2.05, 4.69) is 13.6 Å². The zero-order valence-electron chi connectivity index (χ0n) is 6.45. The van der Waals surface area contributed by atoms with Crippen LogP contribution in [0.25, 0.3) is 5.65 Å². The van der Waals surface area contributed by atoms with Gasteiger partial charge in [-0.1, -0.05) is 6.07 Å². The highest BCUT2D eigenvalue weighted by atomic mass is 127. The Morgan fingerprint density at radius 1 is 1.50 bits per heavy atom. The predicted octanol–water partition coefficient (Wildman–Crippen LogP) is 1.80. The van der Waals surface area contributed by atoms with E-state index >= 15 is 0 Å². The maximum atomic E-state index is 4.23. The summed E-state index contributed by atoms with van der Waals surface area (Å²) in [6.45, 7) is 2.00. The van der Waals surface area contributed by atoms with E-state index in [0.717, 1.165) is 11.3 Å². The van der Waals surface area contributed by atoms with Crippen molar-refractivity contribution in [1.29, 1.82) is 0 Å². The predicted molar refractivity (Wildman–Crippen MR) is 55.4 cm³/mol. The molecule has 2 aromatic rings. The molecule has 1 N–H and O–H groups in total. The molecule has 0 aliphatic carbocycles. The van der Waals surface area contributed by atoms with Gasteiger partial charge in [0.05, 0.1) is 22.9 Å². The van der Waals surface area contributed by atoms with E-state index in [9.17, 15) is 0 Å². The minimum atomic E-state index is 0.643. The van der Waals surface area contributed by atoms with Gasteiger partial charge in [-0.2, -0.15) is 4.98 Å². The zero-order chi connectivity index (χ0) is 8.55. The fourth-order valence-corrected chi connectivity index (χ4v) is 1.30. The summed E-state index contributed by atoms with van der Waals surface area (Å²) < 4.78 is 4.68. The van der Waals surface area contributed by atoms with Gasteiger partial charge in [-0.15, -0.1) is 5.10 Å². The summed E-state index contributed by atoms with van der Waals surface area (Å²) in [4.78, 5) is 4.23. The monoisotopic (exact) mass is 274 g/mol. The van der Waals surface area contributed by atoms with Crippen LogP contribution in [-0.2, 0) is 0 Å². The Morgan fingerprint density at radius 2 is 2.33 bits per heavy atom. The largest absolute Gasteiger partial charge is 0.296 e. The maximum Gasteiger partial charge on any atom is 0.251 e. The van der Waals surface area contributed by atoms with Crippen molar-refractivity contribution < 1.29 is 0 Å². The number of rotatable bonds is 1. The van der Waals surface area contributed by atoms with Crippen LogP contribution in [-0.4, -0.2) is 14.6 Å². The molecule has 0 radical (unpaired) electrons. The van der Waals surface area contributed by atoms with Crippen molar-refractivity contribution in [2.24, 2.45) is 0 Å². The standard InChI is InChI=1S/C7H7IN4/c1-5-3-2-4-6-9-7(10-8)11-12(5)6/h2-4H,1H3,(H,10,11). The highest BCUT2D eigenvalue weighted by Gasteiger charge is 2.01. The van der Waals surface area contributed by atoms with Crippen LogP contribution in [0.1, 0.15) is 5.69 Å². The molecule has 12 heavy (non-hydrogen) atoms. The first-order chi connectivity index (χ1) is 5.81. The van der Waals surface area contributed by atoms with Crippen molar-refractivity contribution in [3.63, 3.8) is 0 Å². The quantitative estimate of drug-likeness (QED) is 0.637. The molecule has 2 heterocycles. The number of nitrogens with zero attached hydrogens (tertiary/aromatic N) is 3. The summed E-state index contributed by atoms with van der Waals surface area (Å²) in [5, 5.41) is 4.22. The lowest BCUT2D eigenvalue weighted by Crippen LogP contribution is -1.91. The first-order valence-corrected chi connectivity index (χ1v) is 4.58. The molecule has 0 saturated heterocycles. The minimum Gasteiger partial charge on any atom is -0.296 e. The van der Waals surface area contributed by atoms with E-state index in [-0.39, 0.29) is 0 Å². The lowest BCUT2D eigenvalue weighted by atomic mass is 10.4. The number of aromatic nitrogens is 3. The molecule has 5 heteroatoms. The molecule has 0 saturated carbocycles. The SMILES string of the molecule is Cc1cccc2nc(NI)nn12. The van der Waals surface area contributed by atoms with Crippen molar-refractivity contribution in [3.8, 4) is 0 Å². The van der Waals surface area contributed by atoms with Crippen LogP contribution < -0.4 is 3.53 Å². The van der Waals surface area contributed by atoms with Crippen LogP contribution in [0.4, 0.5) is 5.95 Å². The number of pyridine rings is 1. The Balaban J connectivity index is 2.74. The Morgan fingerprint density at radius 3 is 3.00 bits per heavy atom. The Hall–Kier alpha value is -0.850. The second-order valence-electron chi connectivity index (χ2n) is 2.47. The van der Waals surface area contributed by atoms with E-state index in [0.29, 0.717) is 5.95 Å². The summed E-state index contributed by atoms with van der Waals surface area (Å²) >= 11 is 2.01. The van der Waals surface area contributed by atoms with E-state index in [4.69, 9.17) is 0 Å². The smallest absolute Gasteiger partial charge is 0.251 e. The van der Waals surface area contributed by atoms with Gasteiger partial charge in [0.2, 0.25) is 0 Å². The first kappa shape index (κ1) is 7.78. The zero-order valence-corrected chi connectivity index (χ0v) is 8.61. The van der Waals surface area contributed by atoms with Crippen molar-refractivity contribution >= 4 is 34.5 Å². The highest BCUT2D eigenvalue weighted by Crippen LogP contribution is 2.08. The van der Waals surface area contributed by atoms with E-state index in [1.807, 2.05) is 48.0 Å². The van der Waals surface area contributed by atoms with Crippen molar-refractivity contribution in [2.75, 3.05) is 3.53 Å². The van der Waals surface area contributed by atoms with Crippen LogP contribution in [0.2, 0.25) is 0 Å². The van der Waals surface area contributed by atoms with Crippen molar-refractivity contribution in [2.45, 2.75) is 6.92 Å². The highest BCUT2D eigenvalue weighted by molar-refractivity contribution is 14.1. The van der Waals surface area contributed by atoms with Crippen LogP contribution in [0.5, 0.6) is 0 Å². The second-order valence-corrected chi connectivity index (χ2v) is 3.01. The number of halogens is 1. The second kappa shape index (κ2) is 2.89. The summed E-state index contributed by atoms with van der Waals surface area (Å²) in [6, 6.07) is 5.90. The summed E-state index contributed by atoms with van der Waals surface area (Å²) in [7, 11) is 0. The average Bonchev–Trinajstić information content (AvgIpc) is 2.49. The molecule has 2 rings (SSSR count). The molecule has 0 bridgehead atoms. The van der Waals surface area contributed by atoms with E-state index in [1.54, 1.807) is 4.52 Å². The molecular weight excluding hydrogens is 267 g/mol. The third-order valence-corrected chi connectivity index (χ3v) is 2.12. The number of aryl methyl sites for hydroxylation is 1. The number of hydrogen-bond acceptors (Lipinski definition) is 3. The van der Waals surface area contributed by atoms with Gasteiger partial charge in [-0.25, -0.2) is 4.52 Å². The Bertz CT molecular complexity index is 409. The molecule has 0 fully saturated rings. The van der Waals surface area contributed by atoms with Crippen molar-refractivity contribution in [1.82, 2.24) is 14.6 Å². The van der Waals surface area contributed by atoms with Gasteiger partial charge in [-0.3, -0.25) is 3.53 Å². The van der Waals surface area contributed by atoms with Gasteiger partial charge < -0.3 is 0 Å². The average molecular weight is 274 g/mol. The van der Waals surface area contributed by atoms with Crippen LogP contribution in [0.15, 0.2) is 18.2 Å². The molecule has 0 aromatic carbocycles. The van der Waals surface area contributed by atoms with Crippen LogP contribution in [0.3, 0.4) is 0 Å². The van der Waals surface area contributed by atoms with Gasteiger partial charge in [0.15, 0.2) is 5.65 Å². The molecule has 2 aromatic heterocycles. The molecule has 0 aliphatic rings. The fourth-order valence-electron chi connectivity index (χ4n) is 1.08.